The molecule has 8 nitrogen and oxygen atoms in total. The highest BCUT2D eigenvalue weighted by Gasteiger charge is 2.34. The number of hydrogen-bond donors (Lipinski definition) is 2. The number of piperidine rings is 1. The van der Waals surface area contributed by atoms with Crippen LogP contribution in [0.25, 0.3) is 0 Å². The van der Waals surface area contributed by atoms with Gasteiger partial charge in [-0.1, -0.05) is 0 Å². The molecule has 1 fully saturated rings. The number of carbonyl (C=O) groups excluding carboxylic acids is 2. The predicted octanol–water partition coefficient (Wildman–Crippen LogP) is 2.21. The van der Waals surface area contributed by atoms with Gasteiger partial charge in [0, 0.05) is 18.8 Å². The SMILES string of the molecule is CC(=N)/C(C(C)=O)=C(/O)COC(=O)C1CCCN(S(=O)(=O)c2ccc(F)cc2)C1. The molecule has 10 heteroatoms. The number of halogens is 1. The molecule has 2 N–H and O–H groups in total. The lowest BCUT2D eigenvalue weighted by Crippen LogP contribution is -2.42. The first-order valence-electron chi connectivity index (χ1n) is 8.95. The van der Waals surface area contributed by atoms with E-state index in [0.29, 0.717) is 12.8 Å². The number of hydrogen-bond acceptors (Lipinski definition) is 7. The Balaban J connectivity index is 2.07. The van der Waals surface area contributed by atoms with Crippen LogP contribution in [0.4, 0.5) is 4.39 Å². The van der Waals surface area contributed by atoms with Crippen LogP contribution >= 0.6 is 0 Å². The second-order valence-electron chi connectivity index (χ2n) is 6.77. The van der Waals surface area contributed by atoms with Gasteiger partial charge in [0.15, 0.2) is 5.78 Å². The van der Waals surface area contributed by atoms with Crippen molar-refractivity contribution in [2.75, 3.05) is 19.7 Å². The Morgan fingerprint density at radius 1 is 1.28 bits per heavy atom. The van der Waals surface area contributed by atoms with E-state index in [1.165, 1.54) is 26.0 Å². The molecule has 0 amide bonds. The molecule has 0 radical (unpaired) electrons. The number of ketones is 1. The van der Waals surface area contributed by atoms with Crippen LogP contribution in [0, 0.1) is 17.1 Å². The van der Waals surface area contributed by atoms with Crippen molar-refractivity contribution >= 4 is 27.5 Å². The maximum atomic E-state index is 13.1. The third-order valence-electron chi connectivity index (χ3n) is 4.54. The molecule has 1 unspecified atom stereocenters. The molecule has 1 aromatic carbocycles. The lowest BCUT2D eigenvalue weighted by atomic mass is 10.00. The third kappa shape index (κ3) is 5.48. The molecule has 158 valence electrons. The van der Waals surface area contributed by atoms with Gasteiger partial charge in [-0.15, -0.1) is 0 Å². The molecule has 0 aliphatic carbocycles. The van der Waals surface area contributed by atoms with E-state index in [0.717, 1.165) is 16.4 Å². The van der Waals surface area contributed by atoms with Crippen molar-refractivity contribution in [3.05, 3.63) is 41.4 Å². The van der Waals surface area contributed by atoms with Crippen LogP contribution < -0.4 is 0 Å². The van der Waals surface area contributed by atoms with Crippen LogP contribution in [-0.2, 0) is 24.3 Å². The maximum absolute atomic E-state index is 13.1. The first-order chi connectivity index (χ1) is 13.5. The number of rotatable bonds is 7. The number of nitrogens with zero attached hydrogens (tertiary/aromatic N) is 1. The van der Waals surface area contributed by atoms with Crippen molar-refractivity contribution in [3.63, 3.8) is 0 Å². The normalized spacial score (nSPS) is 18.7. The second kappa shape index (κ2) is 9.27. The number of aliphatic hydroxyl groups excluding tert-OH is 1. The van der Waals surface area contributed by atoms with Gasteiger partial charge in [-0.25, -0.2) is 12.8 Å². The number of carbonyl (C=O) groups is 2. The molecule has 0 spiro atoms. The van der Waals surface area contributed by atoms with Gasteiger partial charge in [0.2, 0.25) is 10.0 Å². The van der Waals surface area contributed by atoms with E-state index in [-0.39, 0.29) is 29.3 Å². The summed E-state index contributed by atoms with van der Waals surface area (Å²) in [6.07, 6.45) is 0.836. The summed E-state index contributed by atoms with van der Waals surface area (Å²) in [6, 6.07) is 4.43. The fourth-order valence-corrected chi connectivity index (χ4v) is 4.65. The van der Waals surface area contributed by atoms with E-state index in [1.54, 1.807) is 0 Å². The molecule has 2 rings (SSSR count). The number of allylic oxidation sites excluding steroid dienone is 1. The fraction of sp³-hybridized carbons (Fsp3) is 0.421. The van der Waals surface area contributed by atoms with Crippen molar-refractivity contribution in [2.24, 2.45) is 5.92 Å². The monoisotopic (exact) mass is 426 g/mol. The quantitative estimate of drug-likeness (QED) is 0.298. The van der Waals surface area contributed by atoms with Crippen LogP contribution in [-0.4, -0.2) is 55.0 Å². The summed E-state index contributed by atoms with van der Waals surface area (Å²) in [5.74, 6) is -3.05. The van der Waals surface area contributed by atoms with E-state index in [1.807, 2.05) is 0 Å². The summed E-state index contributed by atoms with van der Waals surface area (Å²) in [7, 11) is -3.89. The molecule has 1 saturated heterocycles. The van der Waals surface area contributed by atoms with Crippen molar-refractivity contribution in [1.29, 1.82) is 5.41 Å². The van der Waals surface area contributed by atoms with Gasteiger partial charge in [0.1, 0.15) is 18.2 Å². The second-order valence-corrected chi connectivity index (χ2v) is 8.70. The molecule has 29 heavy (non-hydrogen) atoms. The van der Waals surface area contributed by atoms with Crippen molar-refractivity contribution in [2.45, 2.75) is 31.6 Å². The number of benzene rings is 1. The van der Waals surface area contributed by atoms with Gasteiger partial charge in [-0.05, 0) is 51.0 Å². The molecular weight excluding hydrogens is 403 g/mol. The minimum absolute atomic E-state index is 0.0685. The summed E-state index contributed by atoms with van der Waals surface area (Å²) in [5.41, 5.74) is -0.373. The summed E-state index contributed by atoms with van der Waals surface area (Å²) >= 11 is 0. The van der Waals surface area contributed by atoms with E-state index >= 15 is 0 Å². The topological polar surface area (TPSA) is 125 Å². The van der Waals surface area contributed by atoms with Crippen LogP contribution in [0.2, 0.25) is 0 Å². The smallest absolute Gasteiger partial charge is 0.310 e. The molecule has 1 atom stereocenters. The standard InChI is InChI=1S/C19H23FN2O6S/c1-12(21)18(13(2)23)17(24)11-28-19(25)14-4-3-9-22(10-14)29(26,27)16-7-5-15(20)6-8-16/h5-8,14,21,24H,3-4,9-11H2,1-2H3/b18-17-,21-12?. The molecule has 1 heterocycles. The fourth-order valence-electron chi connectivity index (χ4n) is 3.12. The molecule has 1 aliphatic rings. The highest BCUT2D eigenvalue weighted by molar-refractivity contribution is 7.89. The average molecular weight is 426 g/mol. The first-order valence-corrected chi connectivity index (χ1v) is 10.4. The number of esters is 1. The summed E-state index contributed by atoms with van der Waals surface area (Å²) in [4.78, 5) is 23.8. The zero-order valence-electron chi connectivity index (χ0n) is 16.1. The summed E-state index contributed by atoms with van der Waals surface area (Å²) in [5, 5.41) is 17.5. The minimum atomic E-state index is -3.89. The van der Waals surface area contributed by atoms with E-state index in [4.69, 9.17) is 10.1 Å². The Morgan fingerprint density at radius 3 is 2.45 bits per heavy atom. The Labute approximate surface area is 168 Å². The molecule has 1 aromatic rings. The Kier molecular flexibility index (Phi) is 7.26. The first kappa shape index (κ1) is 22.7. The van der Waals surface area contributed by atoms with Gasteiger partial charge in [0.05, 0.1) is 16.4 Å². The van der Waals surface area contributed by atoms with Gasteiger partial charge >= 0.3 is 5.97 Å². The van der Waals surface area contributed by atoms with Crippen LogP contribution in [0.3, 0.4) is 0 Å². The number of Topliss-reactive ketones (excluding diaryl/α,β-unsaturated/α-hetero) is 1. The Morgan fingerprint density at radius 2 is 1.90 bits per heavy atom. The zero-order chi connectivity index (χ0) is 21.8. The largest absolute Gasteiger partial charge is 0.508 e. The lowest BCUT2D eigenvalue weighted by molar-refractivity contribution is -0.149. The maximum Gasteiger partial charge on any atom is 0.310 e. The van der Waals surface area contributed by atoms with Crippen LogP contribution in [0.15, 0.2) is 40.5 Å². The molecule has 0 saturated carbocycles. The zero-order valence-corrected chi connectivity index (χ0v) is 17.0. The summed E-state index contributed by atoms with van der Waals surface area (Å²) in [6.45, 7) is 2.05. The minimum Gasteiger partial charge on any atom is -0.508 e. The van der Waals surface area contributed by atoms with Gasteiger partial charge in [0.25, 0.3) is 0 Å². The van der Waals surface area contributed by atoms with Crippen LogP contribution in [0.1, 0.15) is 26.7 Å². The van der Waals surface area contributed by atoms with Crippen molar-refractivity contribution < 1.29 is 32.2 Å². The lowest BCUT2D eigenvalue weighted by Gasteiger charge is -2.30. The highest BCUT2D eigenvalue weighted by atomic mass is 32.2. The van der Waals surface area contributed by atoms with E-state index < -0.39 is 45.9 Å². The summed E-state index contributed by atoms with van der Waals surface area (Å²) < 4.78 is 44.7. The highest BCUT2D eigenvalue weighted by Crippen LogP contribution is 2.25. The average Bonchev–Trinajstić information content (AvgIpc) is 2.66. The molecule has 0 aromatic heterocycles. The third-order valence-corrected chi connectivity index (χ3v) is 6.42. The number of aliphatic hydroxyl groups is 1. The van der Waals surface area contributed by atoms with Gasteiger partial charge in [-0.2, -0.15) is 4.31 Å². The number of sulfonamides is 1. The van der Waals surface area contributed by atoms with E-state index in [9.17, 15) is 27.5 Å². The Bertz CT molecular complexity index is 924. The number of nitrogens with one attached hydrogen (secondary N) is 1. The van der Waals surface area contributed by atoms with Gasteiger partial charge < -0.3 is 15.3 Å². The predicted molar refractivity (Wildman–Crippen MR) is 103 cm³/mol. The molecule has 1 aliphatic heterocycles. The van der Waals surface area contributed by atoms with Gasteiger partial charge in [-0.3, -0.25) is 9.59 Å². The van der Waals surface area contributed by atoms with Crippen LogP contribution in [0.5, 0.6) is 0 Å². The molecule has 0 bridgehead atoms. The van der Waals surface area contributed by atoms with Crippen molar-refractivity contribution in [3.8, 4) is 0 Å². The number of ether oxygens (including phenoxy) is 1. The van der Waals surface area contributed by atoms with E-state index in [2.05, 4.69) is 0 Å². The Hall–Kier alpha value is -2.59. The molecular formula is C19H23FN2O6S. The van der Waals surface area contributed by atoms with Crippen molar-refractivity contribution in [1.82, 2.24) is 4.31 Å².